The molecule has 0 fully saturated rings. The monoisotopic (exact) mass is 433 g/mol. The standard InChI is InChI=1S/C24H20ClN3O3/c1-2-30-20-11-7-6-10-19(20)22(29)26-21(16-12-14-18(25)15-13-16)24-28-27-23(31-24)17-8-4-3-5-9-17/h3-15,21H,2H2,1H3,(H,26,29)/t21-/m1/s1. The highest BCUT2D eigenvalue weighted by Gasteiger charge is 2.25. The third-order valence-electron chi connectivity index (χ3n) is 4.62. The Kier molecular flexibility index (Phi) is 6.29. The number of amides is 1. The van der Waals surface area contributed by atoms with E-state index in [1.807, 2.05) is 55.5 Å². The van der Waals surface area contributed by atoms with Gasteiger partial charge in [0.1, 0.15) is 11.8 Å². The number of nitrogens with zero attached hydrogens (tertiary/aromatic N) is 2. The fourth-order valence-corrected chi connectivity index (χ4v) is 3.26. The number of aromatic nitrogens is 2. The predicted octanol–water partition coefficient (Wildman–Crippen LogP) is 5.31. The molecule has 0 aliphatic carbocycles. The van der Waals surface area contributed by atoms with Crippen LogP contribution in [0.3, 0.4) is 0 Å². The summed E-state index contributed by atoms with van der Waals surface area (Å²) in [4.78, 5) is 13.1. The van der Waals surface area contributed by atoms with E-state index in [1.165, 1.54) is 0 Å². The first-order valence-corrected chi connectivity index (χ1v) is 10.2. The molecule has 1 heterocycles. The maximum absolute atomic E-state index is 13.1. The Morgan fingerprint density at radius 3 is 2.45 bits per heavy atom. The molecule has 0 spiro atoms. The molecule has 1 aromatic heterocycles. The molecule has 1 amide bonds. The molecule has 0 unspecified atom stereocenters. The van der Waals surface area contributed by atoms with Crippen molar-refractivity contribution in [2.45, 2.75) is 13.0 Å². The van der Waals surface area contributed by atoms with Crippen molar-refractivity contribution in [1.29, 1.82) is 0 Å². The van der Waals surface area contributed by atoms with E-state index in [0.717, 1.165) is 11.1 Å². The summed E-state index contributed by atoms with van der Waals surface area (Å²) in [6, 6.07) is 23.0. The van der Waals surface area contributed by atoms with E-state index in [9.17, 15) is 4.79 Å². The molecule has 1 N–H and O–H groups in total. The van der Waals surface area contributed by atoms with Crippen LogP contribution in [0, 0.1) is 0 Å². The van der Waals surface area contributed by atoms with Crippen molar-refractivity contribution in [2.75, 3.05) is 6.61 Å². The molecule has 6 nitrogen and oxygen atoms in total. The van der Waals surface area contributed by atoms with Gasteiger partial charge in [0.05, 0.1) is 12.2 Å². The average Bonchev–Trinajstić information content (AvgIpc) is 3.29. The highest BCUT2D eigenvalue weighted by molar-refractivity contribution is 6.30. The zero-order chi connectivity index (χ0) is 21.6. The lowest BCUT2D eigenvalue weighted by molar-refractivity contribution is 0.0934. The fraction of sp³-hybridized carbons (Fsp3) is 0.125. The number of hydrogen-bond acceptors (Lipinski definition) is 5. The first-order valence-electron chi connectivity index (χ1n) is 9.82. The number of benzene rings is 3. The summed E-state index contributed by atoms with van der Waals surface area (Å²) in [5.74, 6) is 0.832. The van der Waals surface area contributed by atoms with Crippen LogP contribution in [-0.4, -0.2) is 22.7 Å². The first-order chi connectivity index (χ1) is 15.2. The van der Waals surface area contributed by atoms with E-state index >= 15 is 0 Å². The second-order valence-electron chi connectivity index (χ2n) is 6.70. The Morgan fingerprint density at radius 1 is 1.00 bits per heavy atom. The minimum atomic E-state index is -0.663. The third kappa shape index (κ3) is 4.75. The third-order valence-corrected chi connectivity index (χ3v) is 4.87. The molecule has 0 bridgehead atoms. The second-order valence-corrected chi connectivity index (χ2v) is 7.14. The summed E-state index contributed by atoms with van der Waals surface area (Å²) in [5.41, 5.74) is 1.98. The number of ether oxygens (including phenoxy) is 1. The van der Waals surface area contributed by atoms with Crippen LogP contribution in [0.1, 0.15) is 34.8 Å². The number of carbonyl (C=O) groups excluding carboxylic acids is 1. The lowest BCUT2D eigenvalue weighted by Crippen LogP contribution is -2.30. The molecule has 3 aromatic carbocycles. The number of para-hydroxylation sites is 1. The van der Waals surface area contributed by atoms with E-state index in [4.69, 9.17) is 20.8 Å². The summed E-state index contributed by atoms with van der Waals surface area (Å²) in [5, 5.41) is 11.9. The van der Waals surface area contributed by atoms with Gasteiger partial charge >= 0.3 is 0 Å². The number of halogens is 1. The van der Waals surface area contributed by atoms with Gasteiger partial charge in [-0.2, -0.15) is 0 Å². The summed E-state index contributed by atoms with van der Waals surface area (Å²) in [7, 11) is 0. The Bertz CT molecular complexity index is 1160. The first kappa shape index (κ1) is 20.6. The van der Waals surface area contributed by atoms with Crippen molar-refractivity contribution in [3.8, 4) is 17.2 Å². The predicted molar refractivity (Wildman–Crippen MR) is 118 cm³/mol. The molecule has 1 atom stereocenters. The van der Waals surface area contributed by atoms with Crippen molar-refractivity contribution in [1.82, 2.24) is 15.5 Å². The number of rotatable bonds is 7. The van der Waals surface area contributed by atoms with Crippen molar-refractivity contribution in [3.05, 3.63) is 101 Å². The molecule has 0 radical (unpaired) electrons. The summed E-state index contributed by atoms with van der Waals surface area (Å²) >= 11 is 6.05. The second kappa shape index (κ2) is 9.45. The van der Waals surface area contributed by atoms with Gasteiger partial charge < -0.3 is 14.5 Å². The smallest absolute Gasteiger partial charge is 0.255 e. The van der Waals surface area contributed by atoms with Crippen LogP contribution in [0.4, 0.5) is 0 Å². The average molecular weight is 434 g/mol. The molecule has 0 saturated heterocycles. The normalized spacial score (nSPS) is 11.7. The molecule has 4 aromatic rings. The Balaban J connectivity index is 1.68. The van der Waals surface area contributed by atoms with Crippen molar-refractivity contribution in [3.63, 3.8) is 0 Å². The Morgan fingerprint density at radius 2 is 1.71 bits per heavy atom. The summed E-state index contributed by atoms with van der Waals surface area (Å²) < 4.78 is 11.5. The van der Waals surface area contributed by atoms with E-state index in [-0.39, 0.29) is 11.8 Å². The van der Waals surface area contributed by atoms with Gasteiger partial charge in [0, 0.05) is 10.6 Å². The van der Waals surface area contributed by atoms with Crippen molar-refractivity contribution in [2.24, 2.45) is 0 Å². The quantitative estimate of drug-likeness (QED) is 0.427. The van der Waals surface area contributed by atoms with Crippen molar-refractivity contribution < 1.29 is 13.9 Å². The zero-order valence-electron chi connectivity index (χ0n) is 16.8. The maximum Gasteiger partial charge on any atom is 0.255 e. The van der Waals surface area contributed by atoms with E-state index in [2.05, 4.69) is 15.5 Å². The summed E-state index contributed by atoms with van der Waals surface area (Å²) in [6.07, 6.45) is 0. The van der Waals surface area contributed by atoms with E-state index in [0.29, 0.717) is 28.8 Å². The van der Waals surface area contributed by atoms with Crippen LogP contribution in [0.25, 0.3) is 11.5 Å². The van der Waals surface area contributed by atoms with Crippen LogP contribution in [0.15, 0.2) is 83.3 Å². The molecule has 156 valence electrons. The molecule has 4 rings (SSSR count). The number of nitrogens with one attached hydrogen (secondary N) is 1. The largest absolute Gasteiger partial charge is 0.493 e. The van der Waals surface area contributed by atoms with Gasteiger partial charge in [-0.25, -0.2) is 0 Å². The van der Waals surface area contributed by atoms with Gasteiger partial charge in [0.2, 0.25) is 11.8 Å². The highest BCUT2D eigenvalue weighted by atomic mass is 35.5. The minimum Gasteiger partial charge on any atom is -0.493 e. The van der Waals surface area contributed by atoms with Crippen LogP contribution >= 0.6 is 11.6 Å². The molecule has 7 heteroatoms. The lowest BCUT2D eigenvalue weighted by atomic mass is 10.1. The summed E-state index contributed by atoms with van der Waals surface area (Å²) in [6.45, 7) is 2.32. The zero-order valence-corrected chi connectivity index (χ0v) is 17.5. The molecular formula is C24H20ClN3O3. The highest BCUT2D eigenvalue weighted by Crippen LogP contribution is 2.27. The maximum atomic E-state index is 13.1. The minimum absolute atomic E-state index is 0.267. The van der Waals surface area contributed by atoms with Gasteiger partial charge in [-0.1, -0.05) is 54.1 Å². The topological polar surface area (TPSA) is 77.2 Å². The van der Waals surface area contributed by atoms with E-state index in [1.54, 1.807) is 30.3 Å². The molecule has 0 aliphatic rings. The molecule has 0 saturated carbocycles. The van der Waals surface area contributed by atoms with Crippen LogP contribution in [0.2, 0.25) is 5.02 Å². The molecule has 0 aliphatic heterocycles. The van der Waals surface area contributed by atoms with Gasteiger partial charge in [0.25, 0.3) is 5.91 Å². The van der Waals surface area contributed by atoms with E-state index < -0.39 is 6.04 Å². The van der Waals surface area contributed by atoms with Crippen LogP contribution < -0.4 is 10.1 Å². The fourth-order valence-electron chi connectivity index (χ4n) is 3.14. The van der Waals surface area contributed by atoms with Gasteiger partial charge in [-0.05, 0) is 48.9 Å². The number of carbonyl (C=O) groups is 1. The lowest BCUT2D eigenvalue weighted by Gasteiger charge is -2.17. The Labute approximate surface area is 184 Å². The molecule has 31 heavy (non-hydrogen) atoms. The van der Waals surface area contributed by atoms with Crippen LogP contribution in [0.5, 0.6) is 5.75 Å². The SMILES string of the molecule is CCOc1ccccc1C(=O)N[C@H](c1ccc(Cl)cc1)c1nnc(-c2ccccc2)o1. The van der Waals surface area contributed by atoms with Gasteiger partial charge in [-0.15, -0.1) is 10.2 Å². The number of hydrogen-bond donors (Lipinski definition) is 1. The van der Waals surface area contributed by atoms with Gasteiger partial charge in [0.15, 0.2) is 0 Å². The Hall–Kier alpha value is -3.64. The van der Waals surface area contributed by atoms with Crippen molar-refractivity contribution >= 4 is 17.5 Å². The van der Waals surface area contributed by atoms with Gasteiger partial charge in [-0.3, -0.25) is 4.79 Å². The molecular weight excluding hydrogens is 414 g/mol. The van der Waals surface area contributed by atoms with Crippen LogP contribution in [-0.2, 0) is 0 Å².